The van der Waals surface area contributed by atoms with Crippen molar-refractivity contribution in [1.82, 2.24) is 9.97 Å². The van der Waals surface area contributed by atoms with Crippen LogP contribution in [-0.4, -0.2) is 9.97 Å². The number of hydrogen-bond donors (Lipinski definition) is 3. The lowest BCUT2D eigenvalue weighted by Gasteiger charge is -2.14. The van der Waals surface area contributed by atoms with Crippen LogP contribution < -0.4 is 16.6 Å². The summed E-state index contributed by atoms with van der Waals surface area (Å²) < 4.78 is 14.0. The van der Waals surface area contributed by atoms with Gasteiger partial charge in [-0.15, -0.1) is 0 Å². The number of nitrogen functional groups attached to an aromatic ring is 1. The number of anilines is 3. The number of hydrogen-bond acceptors (Lipinski definition) is 5. The second-order valence-corrected chi connectivity index (χ2v) is 6.23. The molecule has 110 valence electrons. The maximum atomic E-state index is 13.2. The van der Waals surface area contributed by atoms with Crippen LogP contribution in [0, 0.1) is 16.3 Å². The molecule has 0 unspecified atom stereocenters. The largest absolute Gasteiger partial charge is 0.339 e. The summed E-state index contributed by atoms with van der Waals surface area (Å²) in [5, 5.41) is 3.24. The Kier molecular flexibility index (Phi) is 3.94. The van der Waals surface area contributed by atoms with Crippen molar-refractivity contribution in [2.45, 2.75) is 25.7 Å². The van der Waals surface area contributed by atoms with Crippen LogP contribution in [0.2, 0.25) is 0 Å². The normalized spacial score (nSPS) is 14.1. The third kappa shape index (κ3) is 3.08. The first-order valence-corrected chi connectivity index (χ1v) is 7.73. The molecule has 21 heavy (non-hydrogen) atoms. The lowest BCUT2D eigenvalue weighted by molar-refractivity contribution is 0.627. The van der Waals surface area contributed by atoms with Crippen LogP contribution in [0.3, 0.4) is 0 Å². The van der Waals surface area contributed by atoms with Gasteiger partial charge in [-0.2, -0.15) is 0 Å². The van der Waals surface area contributed by atoms with E-state index in [9.17, 15) is 4.39 Å². The highest BCUT2D eigenvalue weighted by atomic mass is 127. The minimum atomic E-state index is -0.257. The lowest BCUT2D eigenvalue weighted by atomic mass is 10.2. The Labute approximate surface area is 135 Å². The van der Waals surface area contributed by atoms with Gasteiger partial charge >= 0.3 is 0 Å². The number of hydrazine groups is 1. The maximum absolute atomic E-state index is 13.2. The third-order valence-corrected chi connectivity index (χ3v) is 4.32. The first-order chi connectivity index (χ1) is 10.1. The number of nitrogens with two attached hydrogens (primary N) is 1. The lowest BCUT2D eigenvalue weighted by Crippen LogP contribution is -2.14. The molecule has 0 saturated heterocycles. The van der Waals surface area contributed by atoms with Gasteiger partial charge in [0.25, 0.3) is 0 Å². The van der Waals surface area contributed by atoms with E-state index in [0.29, 0.717) is 17.6 Å². The maximum Gasteiger partial charge on any atom is 0.148 e. The van der Waals surface area contributed by atoms with Gasteiger partial charge in [0.1, 0.15) is 23.3 Å². The van der Waals surface area contributed by atoms with E-state index in [2.05, 4.69) is 43.3 Å². The molecule has 1 fully saturated rings. The van der Waals surface area contributed by atoms with Crippen LogP contribution in [-0.2, 0) is 0 Å². The van der Waals surface area contributed by atoms with E-state index < -0.39 is 0 Å². The fourth-order valence-electron chi connectivity index (χ4n) is 2.04. The van der Waals surface area contributed by atoms with E-state index >= 15 is 0 Å². The number of benzene rings is 1. The molecule has 1 aliphatic rings. The molecule has 0 amide bonds. The van der Waals surface area contributed by atoms with Crippen LogP contribution in [0.25, 0.3) is 0 Å². The van der Waals surface area contributed by atoms with E-state index in [1.54, 1.807) is 6.07 Å². The number of nitrogens with one attached hydrogen (secondary N) is 2. The predicted octanol–water partition coefficient (Wildman–Crippen LogP) is 3.44. The zero-order valence-corrected chi connectivity index (χ0v) is 13.6. The molecule has 4 N–H and O–H groups in total. The van der Waals surface area contributed by atoms with Crippen molar-refractivity contribution < 1.29 is 4.39 Å². The van der Waals surface area contributed by atoms with Crippen molar-refractivity contribution in [3.05, 3.63) is 39.0 Å². The summed E-state index contributed by atoms with van der Waals surface area (Å²) in [6, 6.07) is 4.60. The Morgan fingerprint density at radius 2 is 2.00 bits per heavy atom. The Balaban J connectivity index is 1.98. The zero-order valence-electron chi connectivity index (χ0n) is 11.5. The van der Waals surface area contributed by atoms with E-state index in [4.69, 9.17) is 5.84 Å². The second kappa shape index (κ2) is 5.72. The fraction of sp³-hybridized carbons (Fsp3) is 0.286. The summed E-state index contributed by atoms with van der Waals surface area (Å²) in [4.78, 5) is 9.03. The molecule has 3 rings (SSSR count). The van der Waals surface area contributed by atoms with Gasteiger partial charge in [-0.3, -0.25) is 0 Å². The zero-order chi connectivity index (χ0) is 15.0. The van der Waals surface area contributed by atoms with Crippen LogP contribution in [0.15, 0.2) is 18.2 Å². The van der Waals surface area contributed by atoms with Crippen molar-refractivity contribution in [3.8, 4) is 0 Å². The minimum Gasteiger partial charge on any atom is -0.339 e. The molecule has 1 aromatic carbocycles. The fourth-order valence-corrected chi connectivity index (χ4v) is 2.65. The van der Waals surface area contributed by atoms with Gasteiger partial charge < -0.3 is 10.7 Å². The van der Waals surface area contributed by atoms with Gasteiger partial charge in [-0.25, -0.2) is 20.2 Å². The highest BCUT2D eigenvalue weighted by molar-refractivity contribution is 14.1. The van der Waals surface area contributed by atoms with Gasteiger partial charge in [0.05, 0.1) is 5.69 Å². The third-order valence-electron chi connectivity index (χ3n) is 3.43. The monoisotopic (exact) mass is 399 g/mol. The summed E-state index contributed by atoms with van der Waals surface area (Å²) in [5.74, 6) is 7.81. The van der Waals surface area contributed by atoms with Gasteiger partial charge in [0.15, 0.2) is 0 Å². The quantitative estimate of drug-likeness (QED) is 0.417. The molecule has 5 nitrogen and oxygen atoms in total. The minimum absolute atomic E-state index is 0.257. The Morgan fingerprint density at radius 3 is 2.62 bits per heavy atom. The predicted molar refractivity (Wildman–Crippen MR) is 89.0 cm³/mol. The second-order valence-electron chi connectivity index (χ2n) is 5.07. The molecular weight excluding hydrogens is 384 g/mol. The van der Waals surface area contributed by atoms with Gasteiger partial charge in [0.2, 0.25) is 0 Å². The molecule has 0 radical (unpaired) electrons. The van der Waals surface area contributed by atoms with Crippen LogP contribution in [0.1, 0.15) is 30.1 Å². The number of halogens is 2. The molecule has 0 aliphatic heterocycles. The molecule has 1 aromatic heterocycles. The van der Waals surface area contributed by atoms with Gasteiger partial charge in [0, 0.05) is 15.1 Å². The van der Waals surface area contributed by atoms with E-state index in [0.717, 1.165) is 33.5 Å². The summed E-state index contributed by atoms with van der Waals surface area (Å²) >= 11 is 2.09. The number of nitrogens with zero attached hydrogens (tertiary/aromatic N) is 2. The number of aromatic nitrogens is 2. The van der Waals surface area contributed by atoms with Crippen molar-refractivity contribution in [2.75, 3.05) is 10.7 Å². The molecule has 0 bridgehead atoms. The standard InChI is InChI=1S/C14H15FIN5/c1-7-12(18-11-5-4-9(15)6-10(11)16)19-14(8-2-3-8)20-13(7)21-17/h4-6,8H,2-3,17H2,1H3,(H2,18,19,20,21). The first-order valence-electron chi connectivity index (χ1n) is 6.65. The summed E-state index contributed by atoms with van der Waals surface area (Å²) in [5.41, 5.74) is 4.26. The Bertz CT molecular complexity index is 687. The van der Waals surface area contributed by atoms with Crippen LogP contribution in [0.4, 0.5) is 21.7 Å². The van der Waals surface area contributed by atoms with Crippen molar-refractivity contribution >= 4 is 39.9 Å². The first kappa shape index (κ1) is 14.5. The smallest absolute Gasteiger partial charge is 0.148 e. The molecule has 0 spiro atoms. The van der Waals surface area contributed by atoms with Crippen LogP contribution in [0.5, 0.6) is 0 Å². The topological polar surface area (TPSA) is 75.9 Å². The highest BCUT2D eigenvalue weighted by Gasteiger charge is 2.28. The molecule has 1 aliphatic carbocycles. The molecule has 0 atom stereocenters. The van der Waals surface area contributed by atoms with Gasteiger partial charge in [-0.1, -0.05) is 0 Å². The summed E-state index contributed by atoms with van der Waals surface area (Å²) in [6.07, 6.45) is 2.22. The summed E-state index contributed by atoms with van der Waals surface area (Å²) in [6.45, 7) is 1.89. The van der Waals surface area contributed by atoms with E-state index in [1.165, 1.54) is 12.1 Å². The Hall–Kier alpha value is -1.48. The Morgan fingerprint density at radius 1 is 1.29 bits per heavy atom. The van der Waals surface area contributed by atoms with Crippen molar-refractivity contribution in [3.63, 3.8) is 0 Å². The molecule has 1 heterocycles. The summed E-state index contributed by atoms with van der Waals surface area (Å²) in [7, 11) is 0. The van der Waals surface area contributed by atoms with Crippen molar-refractivity contribution in [2.24, 2.45) is 5.84 Å². The molecular formula is C14H15FIN5. The van der Waals surface area contributed by atoms with E-state index in [1.807, 2.05) is 6.92 Å². The molecule has 2 aromatic rings. The van der Waals surface area contributed by atoms with E-state index in [-0.39, 0.29) is 5.82 Å². The highest BCUT2D eigenvalue weighted by Crippen LogP contribution is 2.40. The molecule has 1 saturated carbocycles. The average molecular weight is 399 g/mol. The van der Waals surface area contributed by atoms with Crippen LogP contribution >= 0.6 is 22.6 Å². The van der Waals surface area contributed by atoms with Gasteiger partial charge in [-0.05, 0) is 60.6 Å². The SMILES string of the molecule is Cc1c(NN)nc(C2CC2)nc1Nc1ccc(F)cc1I. The molecule has 7 heteroatoms. The number of rotatable bonds is 4. The average Bonchev–Trinajstić information content (AvgIpc) is 3.28. The van der Waals surface area contributed by atoms with Crippen molar-refractivity contribution in [1.29, 1.82) is 0 Å².